The summed E-state index contributed by atoms with van der Waals surface area (Å²) in [5.41, 5.74) is 0. The summed E-state index contributed by atoms with van der Waals surface area (Å²) in [6.07, 6.45) is 7.46. The Hall–Kier alpha value is -0.380. The molecule has 2 unspecified atom stereocenters. The van der Waals surface area contributed by atoms with Crippen LogP contribution in [0.3, 0.4) is 0 Å². The first-order valence-electron chi connectivity index (χ1n) is 5.47. The van der Waals surface area contributed by atoms with E-state index in [1.54, 1.807) is 0 Å². The van der Waals surface area contributed by atoms with Gasteiger partial charge in [-0.25, -0.2) is 0 Å². The Kier molecular flexibility index (Phi) is 5.83. The molecule has 3 heteroatoms. The predicted octanol–water partition coefficient (Wildman–Crippen LogP) is 1.08. The molecular weight excluding hydrogens is 178 g/mol. The van der Waals surface area contributed by atoms with Crippen LogP contribution in [0.1, 0.15) is 26.2 Å². The van der Waals surface area contributed by atoms with E-state index in [-0.39, 0.29) is 6.10 Å². The Morgan fingerprint density at radius 2 is 2.43 bits per heavy atom. The molecule has 1 aliphatic rings. The second kappa shape index (κ2) is 6.98. The maximum atomic E-state index is 9.51. The van der Waals surface area contributed by atoms with Gasteiger partial charge in [-0.1, -0.05) is 12.2 Å². The first kappa shape index (κ1) is 11.7. The largest absolute Gasteiger partial charge is 0.389 e. The highest BCUT2D eigenvalue weighted by Gasteiger charge is 2.11. The molecular formula is C11H21NO2. The molecule has 0 heterocycles. The van der Waals surface area contributed by atoms with Gasteiger partial charge in [0.15, 0.2) is 0 Å². The fourth-order valence-electron chi connectivity index (χ4n) is 1.59. The maximum absolute atomic E-state index is 9.51. The third-order valence-corrected chi connectivity index (χ3v) is 2.43. The molecule has 0 bridgehead atoms. The predicted molar refractivity (Wildman–Crippen MR) is 57.3 cm³/mol. The molecule has 0 fully saturated rings. The van der Waals surface area contributed by atoms with Crippen molar-refractivity contribution in [1.82, 2.24) is 5.32 Å². The lowest BCUT2D eigenvalue weighted by Crippen LogP contribution is -2.37. The van der Waals surface area contributed by atoms with E-state index in [9.17, 15) is 5.11 Å². The fraction of sp³-hybridized carbons (Fsp3) is 0.818. The van der Waals surface area contributed by atoms with Gasteiger partial charge in [-0.05, 0) is 26.2 Å². The van der Waals surface area contributed by atoms with E-state index in [0.717, 1.165) is 12.8 Å². The summed E-state index contributed by atoms with van der Waals surface area (Å²) in [6.45, 7) is 3.68. The minimum Gasteiger partial charge on any atom is -0.389 e. The Balaban J connectivity index is 2.04. The van der Waals surface area contributed by atoms with Crippen molar-refractivity contribution in [3.8, 4) is 0 Å². The van der Waals surface area contributed by atoms with E-state index in [0.29, 0.717) is 25.8 Å². The second-order valence-electron chi connectivity index (χ2n) is 3.70. The van der Waals surface area contributed by atoms with Crippen LogP contribution >= 0.6 is 0 Å². The molecule has 0 spiro atoms. The van der Waals surface area contributed by atoms with E-state index >= 15 is 0 Å². The molecule has 0 aromatic carbocycles. The van der Waals surface area contributed by atoms with E-state index in [1.165, 1.54) is 6.42 Å². The summed E-state index contributed by atoms with van der Waals surface area (Å²) in [5.74, 6) is 0. The van der Waals surface area contributed by atoms with Crippen LogP contribution in [-0.2, 0) is 4.74 Å². The minimum atomic E-state index is -0.374. The highest BCUT2D eigenvalue weighted by Crippen LogP contribution is 2.10. The van der Waals surface area contributed by atoms with Crippen LogP contribution in [0.5, 0.6) is 0 Å². The molecule has 14 heavy (non-hydrogen) atoms. The van der Waals surface area contributed by atoms with Gasteiger partial charge < -0.3 is 15.2 Å². The molecule has 0 saturated carbocycles. The lowest BCUT2D eigenvalue weighted by molar-refractivity contribution is 0.0412. The van der Waals surface area contributed by atoms with Gasteiger partial charge in [-0.2, -0.15) is 0 Å². The van der Waals surface area contributed by atoms with Gasteiger partial charge in [-0.15, -0.1) is 0 Å². The first-order valence-corrected chi connectivity index (χ1v) is 5.47. The maximum Gasteiger partial charge on any atom is 0.0897 e. The molecule has 2 atom stereocenters. The standard InChI is InChI=1S/C11H21NO2/c1-2-14-9-11(13)8-12-10-6-4-3-5-7-10/h3-4,10-13H,2,5-9H2,1H3. The molecule has 0 radical (unpaired) electrons. The molecule has 0 amide bonds. The molecule has 1 rings (SSSR count). The van der Waals surface area contributed by atoms with Crippen LogP contribution in [0, 0.1) is 0 Å². The fourth-order valence-corrected chi connectivity index (χ4v) is 1.59. The van der Waals surface area contributed by atoms with Gasteiger partial charge in [0.1, 0.15) is 0 Å². The Bertz CT molecular complexity index is 171. The van der Waals surface area contributed by atoms with Crippen LogP contribution in [-0.4, -0.2) is 37.0 Å². The van der Waals surface area contributed by atoms with E-state index in [2.05, 4.69) is 17.5 Å². The quantitative estimate of drug-likeness (QED) is 0.629. The van der Waals surface area contributed by atoms with Crippen molar-refractivity contribution >= 4 is 0 Å². The lowest BCUT2D eigenvalue weighted by Gasteiger charge is -2.21. The monoisotopic (exact) mass is 199 g/mol. The van der Waals surface area contributed by atoms with Gasteiger partial charge in [0.05, 0.1) is 12.7 Å². The number of hydrogen-bond donors (Lipinski definition) is 2. The van der Waals surface area contributed by atoms with Crippen molar-refractivity contribution in [3.63, 3.8) is 0 Å². The summed E-state index contributed by atoms with van der Waals surface area (Å²) in [7, 11) is 0. The van der Waals surface area contributed by atoms with E-state index in [4.69, 9.17) is 4.74 Å². The second-order valence-corrected chi connectivity index (χ2v) is 3.70. The van der Waals surface area contributed by atoms with Crippen molar-refractivity contribution in [2.75, 3.05) is 19.8 Å². The number of hydrogen-bond acceptors (Lipinski definition) is 3. The van der Waals surface area contributed by atoms with Crippen molar-refractivity contribution in [2.24, 2.45) is 0 Å². The summed E-state index contributed by atoms with van der Waals surface area (Å²) in [4.78, 5) is 0. The van der Waals surface area contributed by atoms with Gasteiger partial charge in [0, 0.05) is 19.2 Å². The normalized spacial score (nSPS) is 23.7. The van der Waals surface area contributed by atoms with Crippen LogP contribution in [0.2, 0.25) is 0 Å². The molecule has 0 saturated heterocycles. The van der Waals surface area contributed by atoms with Crippen LogP contribution in [0.15, 0.2) is 12.2 Å². The Morgan fingerprint density at radius 1 is 1.57 bits per heavy atom. The smallest absolute Gasteiger partial charge is 0.0897 e. The van der Waals surface area contributed by atoms with Crippen LogP contribution in [0.25, 0.3) is 0 Å². The first-order chi connectivity index (χ1) is 6.83. The SMILES string of the molecule is CCOCC(O)CNC1CC=CCC1. The highest BCUT2D eigenvalue weighted by atomic mass is 16.5. The Morgan fingerprint density at radius 3 is 3.07 bits per heavy atom. The molecule has 2 N–H and O–H groups in total. The zero-order chi connectivity index (χ0) is 10.2. The van der Waals surface area contributed by atoms with E-state index in [1.807, 2.05) is 6.92 Å². The molecule has 0 aromatic heterocycles. The lowest BCUT2D eigenvalue weighted by atomic mass is 10.0. The zero-order valence-electron chi connectivity index (χ0n) is 8.91. The van der Waals surface area contributed by atoms with Gasteiger partial charge in [0.25, 0.3) is 0 Å². The molecule has 3 nitrogen and oxygen atoms in total. The number of allylic oxidation sites excluding steroid dienone is 1. The highest BCUT2D eigenvalue weighted by molar-refractivity contribution is 4.93. The average Bonchev–Trinajstić information content (AvgIpc) is 2.25. The number of nitrogens with one attached hydrogen (secondary N) is 1. The molecule has 82 valence electrons. The minimum absolute atomic E-state index is 0.374. The summed E-state index contributed by atoms with van der Waals surface area (Å²) in [6, 6.07) is 0.538. The topological polar surface area (TPSA) is 41.5 Å². The summed E-state index contributed by atoms with van der Waals surface area (Å²) >= 11 is 0. The summed E-state index contributed by atoms with van der Waals surface area (Å²) in [5, 5.41) is 12.9. The van der Waals surface area contributed by atoms with Gasteiger partial charge in [-0.3, -0.25) is 0 Å². The van der Waals surface area contributed by atoms with Crippen molar-refractivity contribution < 1.29 is 9.84 Å². The van der Waals surface area contributed by atoms with Crippen molar-refractivity contribution in [3.05, 3.63) is 12.2 Å². The third kappa shape index (κ3) is 4.74. The number of aliphatic hydroxyl groups is 1. The third-order valence-electron chi connectivity index (χ3n) is 2.43. The van der Waals surface area contributed by atoms with Gasteiger partial charge >= 0.3 is 0 Å². The number of rotatable bonds is 6. The van der Waals surface area contributed by atoms with E-state index < -0.39 is 0 Å². The Labute approximate surface area is 86.2 Å². The average molecular weight is 199 g/mol. The summed E-state index contributed by atoms with van der Waals surface area (Å²) < 4.78 is 5.13. The molecule has 1 aliphatic carbocycles. The number of ether oxygens (including phenoxy) is 1. The van der Waals surface area contributed by atoms with Crippen molar-refractivity contribution in [1.29, 1.82) is 0 Å². The zero-order valence-corrected chi connectivity index (χ0v) is 8.91. The molecule has 0 aliphatic heterocycles. The van der Waals surface area contributed by atoms with Crippen LogP contribution < -0.4 is 5.32 Å². The van der Waals surface area contributed by atoms with Crippen molar-refractivity contribution in [2.45, 2.75) is 38.3 Å². The van der Waals surface area contributed by atoms with Gasteiger partial charge in [0.2, 0.25) is 0 Å². The number of aliphatic hydroxyl groups excluding tert-OH is 1. The molecule has 0 aromatic rings. The van der Waals surface area contributed by atoms with Crippen LogP contribution in [0.4, 0.5) is 0 Å².